The van der Waals surface area contributed by atoms with Crippen molar-refractivity contribution in [1.29, 1.82) is 0 Å². The van der Waals surface area contributed by atoms with Gasteiger partial charge in [-0.1, -0.05) is 6.92 Å². The molecule has 0 aromatic carbocycles. The van der Waals surface area contributed by atoms with Crippen molar-refractivity contribution in [3.63, 3.8) is 0 Å². The molecule has 29 heavy (non-hydrogen) atoms. The second-order valence-corrected chi connectivity index (χ2v) is 11.1. The third-order valence-electron chi connectivity index (χ3n) is 5.82. The molecule has 0 saturated carbocycles. The summed E-state index contributed by atoms with van der Waals surface area (Å²) < 4.78 is 40.6. The number of hydrogen-bond donors (Lipinski definition) is 1. The first-order valence-corrected chi connectivity index (χ1v) is 13.4. The monoisotopic (exact) mass is 449 g/mol. The Morgan fingerprint density at radius 2 is 1.86 bits per heavy atom. The summed E-state index contributed by atoms with van der Waals surface area (Å²) in [6.45, 7) is 5.51. The van der Waals surface area contributed by atoms with Gasteiger partial charge in [0.25, 0.3) is 10.2 Å². The molecule has 168 valence electrons. The number of carbonyl (C=O) groups excluding carboxylic acids is 1. The average Bonchev–Trinajstić information content (AvgIpc) is 3.18. The zero-order valence-electron chi connectivity index (χ0n) is 17.4. The number of nitrogens with zero attached hydrogens (tertiary/aromatic N) is 2. The van der Waals surface area contributed by atoms with E-state index >= 15 is 0 Å². The van der Waals surface area contributed by atoms with Crippen molar-refractivity contribution in [2.75, 3.05) is 57.4 Å². The van der Waals surface area contributed by atoms with E-state index in [2.05, 4.69) is 12.2 Å². The van der Waals surface area contributed by atoms with E-state index in [1.807, 2.05) is 11.8 Å². The minimum Gasteiger partial charge on any atom is -0.356 e. The first-order valence-electron chi connectivity index (χ1n) is 10.9. The Labute approximate surface area is 179 Å². The number of hydrogen-bond acceptors (Lipinski definition) is 6. The van der Waals surface area contributed by atoms with Crippen LogP contribution in [0.1, 0.15) is 45.4 Å². The highest BCUT2D eigenvalue weighted by Gasteiger charge is 2.44. The number of ether oxygens (including phenoxy) is 2. The lowest BCUT2D eigenvalue weighted by Crippen LogP contribution is -2.54. The zero-order valence-corrected chi connectivity index (χ0v) is 19.1. The smallest absolute Gasteiger partial charge is 0.282 e. The van der Waals surface area contributed by atoms with Gasteiger partial charge >= 0.3 is 0 Å². The Hall–Kier alpha value is -0.390. The van der Waals surface area contributed by atoms with Crippen molar-refractivity contribution >= 4 is 27.9 Å². The van der Waals surface area contributed by atoms with Crippen molar-refractivity contribution in [2.45, 2.75) is 51.2 Å². The molecule has 1 atom stereocenters. The Kier molecular flexibility index (Phi) is 8.64. The molecule has 0 bridgehead atoms. The highest BCUT2D eigenvalue weighted by atomic mass is 32.2. The van der Waals surface area contributed by atoms with Gasteiger partial charge in [-0.05, 0) is 37.2 Å². The number of rotatable bonds is 9. The molecule has 0 radical (unpaired) electrons. The van der Waals surface area contributed by atoms with E-state index in [-0.39, 0.29) is 18.4 Å². The van der Waals surface area contributed by atoms with Gasteiger partial charge in [0, 0.05) is 45.6 Å². The summed E-state index contributed by atoms with van der Waals surface area (Å²) in [5.74, 6) is 1.32. The standard InChI is InChI=1S/C19H35N3O5S2/c1-2-14-28-15-4-8-20-18(23)17-5-3-9-22(16-17)29(24,25)21-10-6-19(7-11-21)26-12-13-27-19/h17H,2-16H2,1H3,(H,20,23)/t17-/m0/s1. The molecular formula is C19H35N3O5S2. The van der Waals surface area contributed by atoms with Gasteiger partial charge < -0.3 is 14.8 Å². The van der Waals surface area contributed by atoms with E-state index in [9.17, 15) is 13.2 Å². The molecule has 3 heterocycles. The van der Waals surface area contributed by atoms with E-state index in [1.54, 1.807) is 0 Å². The number of thioether (sulfide) groups is 1. The van der Waals surface area contributed by atoms with Crippen LogP contribution >= 0.6 is 11.8 Å². The Balaban J connectivity index is 1.46. The lowest BCUT2D eigenvalue weighted by molar-refractivity contribution is -0.179. The van der Waals surface area contributed by atoms with Gasteiger partial charge in [-0.3, -0.25) is 4.79 Å². The van der Waals surface area contributed by atoms with Crippen LogP contribution in [0.3, 0.4) is 0 Å². The van der Waals surface area contributed by atoms with Crippen molar-refractivity contribution in [1.82, 2.24) is 13.9 Å². The van der Waals surface area contributed by atoms with Gasteiger partial charge in [-0.25, -0.2) is 0 Å². The Morgan fingerprint density at radius 1 is 1.14 bits per heavy atom. The summed E-state index contributed by atoms with van der Waals surface area (Å²) >= 11 is 1.90. The first-order chi connectivity index (χ1) is 14.0. The molecule has 1 N–H and O–H groups in total. The molecule has 0 unspecified atom stereocenters. The molecule has 3 saturated heterocycles. The maximum absolute atomic E-state index is 13.1. The maximum atomic E-state index is 13.1. The molecular weight excluding hydrogens is 414 g/mol. The highest BCUT2D eigenvalue weighted by Crippen LogP contribution is 2.33. The van der Waals surface area contributed by atoms with Gasteiger partial charge in [-0.2, -0.15) is 28.8 Å². The van der Waals surface area contributed by atoms with Crippen LogP contribution in [0.4, 0.5) is 0 Å². The van der Waals surface area contributed by atoms with E-state index in [0.717, 1.165) is 24.3 Å². The van der Waals surface area contributed by atoms with Crippen LogP contribution in [-0.2, 0) is 24.5 Å². The summed E-state index contributed by atoms with van der Waals surface area (Å²) in [5.41, 5.74) is 0. The topological polar surface area (TPSA) is 88.2 Å². The van der Waals surface area contributed by atoms with Crippen LogP contribution in [0.5, 0.6) is 0 Å². The highest BCUT2D eigenvalue weighted by molar-refractivity contribution is 7.99. The van der Waals surface area contributed by atoms with Gasteiger partial charge in [0.15, 0.2) is 5.79 Å². The molecule has 0 aromatic heterocycles. The van der Waals surface area contributed by atoms with Gasteiger partial charge in [-0.15, -0.1) is 0 Å². The van der Waals surface area contributed by atoms with Crippen LogP contribution in [0, 0.1) is 5.92 Å². The molecule has 10 heteroatoms. The van der Waals surface area contributed by atoms with Crippen LogP contribution < -0.4 is 5.32 Å². The van der Waals surface area contributed by atoms with Crippen molar-refractivity contribution < 1.29 is 22.7 Å². The summed E-state index contributed by atoms with van der Waals surface area (Å²) in [6, 6.07) is 0. The van der Waals surface area contributed by atoms with Crippen molar-refractivity contribution in [2.24, 2.45) is 5.92 Å². The average molecular weight is 450 g/mol. The second kappa shape index (κ2) is 10.8. The third-order valence-corrected chi connectivity index (χ3v) is 9.09. The fourth-order valence-corrected chi connectivity index (χ4v) is 6.69. The summed E-state index contributed by atoms with van der Waals surface area (Å²) in [7, 11) is -3.56. The first kappa shape index (κ1) is 23.3. The number of piperidine rings is 2. The zero-order chi connectivity index (χ0) is 20.7. The van der Waals surface area contributed by atoms with Crippen LogP contribution in [0.25, 0.3) is 0 Å². The number of carbonyl (C=O) groups is 1. The lowest BCUT2D eigenvalue weighted by Gasteiger charge is -2.40. The Morgan fingerprint density at radius 3 is 2.55 bits per heavy atom. The van der Waals surface area contributed by atoms with Gasteiger partial charge in [0.2, 0.25) is 5.91 Å². The molecule has 3 fully saturated rings. The number of nitrogens with one attached hydrogen (secondary N) is 1. The molecule has 3 aliphatic heterocycles. The van der Waals surface area contributed by atoms with E-state index in [1.165, 1.54) is 15.0 Å². The molecule has 1 amide bonds. The van der Waals surface area contributed by atoms with E-state index < -0.39 is 16.0 Å². The van der Waals surface area contributed by atoms with Crippen LogP contribution in [0.15, 0.2) is 0 Å². The van der Waals surface area contributed by atoms with E-state index in [4.69, 9.17) is 9.47 Å². The fourth-order valence-electron chi connectivity index (χ4n) is 4.15. The molecule has 0 aliphatic carbocycles. The van der Waals surface area contributed by atoms with Crippen molar-refractivity contribution in [3.05, 3.63) is 0 Å². The normalized spacial score (nSPS) is 26.0. The largest absolute Gasteiger partial charge is 0.356 e. The maximum Gasteiger partial charge on any atom is 0.282 e. The Bertz CT molecular complexity index is 630. The summed E-state index contributed by atoms with van der Waals surface area (Å²) in [4.78, 5) is 12.5. The predicted molar refractivity (Wildman–Crippen MR) is 114 cm³/mol. The van der Waals surface area contributed by atoms with Gasteiger partial charge in [0.05, 0.1) is 19.1 Å². The van der Waals surface area contributed by atoms with Gasteiger partial charge in [0.1, 0.15) is 0 Å². The van der Waals surface area contributed by atoms with Crippen molar-refractivity contribution in [3.8, 4) is 0 Å². The minimum atomic E-state index is -3.56. The number of amides is 1. The SMILES string of the molecule is CCCSCCCNC(=O)[C@H]1CCCN(S(=O)(=O)N2CCC3(CC2)OCCO3)C1. The summed E-state index contributed by atoms with van der Waals surface area (Å²) in [5, 5.41) is 2.99. The van der Waals surface area contributed by atoms with Crippen LogP contribution in [-0.4, -0.2) is 86.2 Å². The lowest BCUT2D eigenvalue weighted by atomic mass is 9.99. The summed E-state index contributed by atoms with van der Waals surface area (Å²) in [6.07, 6.45) is 4.69. The molecule has 3 rings (SSSR count). The third kappa shape index (κ3) is 6.07. The predicted octanol–water partition coefficient (Wildman–Crippen LogP) is 1.43. The molecule has 1 spiro atoms. The van der Waals surface area contributed by atoms with E-state index in [0.29, 0.717) is 58.7 Å². The molecule has 8 nitrogen and oxygen atoms in total. The molecule has 0 aromatic rings. The molecule has 3 aliphatic rings. The minimum absolute atomic E-state index is 0.0178. The quantitative estimate of drug-likeness (QED) is 0.536. The fraction of sp³-hybridized carbons (Fsp3) is 0.947. The second-order valence-electron chi connectivity index (χ2n) is 7.97. The van der Waals surface area contributed by atoms with Crippen LogP contribution in [0.2, 0.25) is 0 Å².